The number of aliphatic hydroxyl groups is 1. The summed E-state index contributed by atoms with van der Waals surface area (Å²) in [6, 6.07) is 0. The molecule has 0 spiro atoms. The molecule has 6 heterocycles. The first-order valence-electron chi connectivity index (χ1n) is 14.1. The number of alkyl halides is 1. The number of halogens is 1. The maximum Gasteiger partial charge on any atom is 0.582 e. The average Bonchev–Trinajstić information content (AvgIpc) is 3.69. The predicted molar refractivity (Wildman–Crippen MR) is 163 cm³/mol. The molecule has 0 bridgehead atoms. The van der Waals surface area contributed by atoms with Crippen LogP contribution in [0.3, 0.4) is 0 Å². The van der Waals surface area contributed by atoms with Crippen LogP contribution >= 0.6 is 27.3 Å². The number of aromatic nitrogens is 8. The lowest BCUT2D eigenvalue weighted by Crippen LogP contribution is -2.41. The van der Waals surface area contributed by atoms with Gasteiger partial charge < -0.3 is 30.9 Å². The Labute approximate surface area is 269 Å². The summed E-state index contributed by atoms with van der Waals surface area (Å²) in [5.41, 5.74) is 11.3. The summed E-state index contributed by atoms with van der Waals surface area (Å²) in [6.45, 7) is 0.903. The lowest BCUT2D eigenvalue weighted by atomic mass is 10.0. The van der Waals surface area contributed by atoms with Gasteiger partial charge in [-0.2, -0.15) is 4.98 Å². The van der Waals surface area contributed by atoms with E-state index in [1.165, 1.54) is 12.7 Å². The average molecular weight is 720 g/mol. The van der Waals surface area contributed by atoms with Gasteiger partial charge in [-0.15, -0.1) is 4.52 Å². The van der Waals surface area contributed by atoms with E-state index < -0.39 is 82.6 Å². The second-order valence-corrected chi connectivity index (χ2v) is 13.9. The molecule has 10 atom stereocenters. The number of rotatable bonds is 9. The Kier molecular flexibility index (Phi) is 9.60. The second kappa shape index (κ2) is 13.4. The number of nitrogens with zero attached hydrogens (tertiary/aromatic N) is 7. The van der Waals surface area contributed by atoms with E-state index in [1.54, 1.807) is 11.5 Å². The number of fused-ring (bicyclic) bond motifs is 2. The van der Waals surface area contributed by atoms with Crippen LogP contribution in [0.2, 0.25) is 0 Å². The maximum atomic E-state index is 16.0. The summed E-state index contributed by atoms with van der Waals surface area (Å²) in [5.74, 6) is -0.690. The van der Waals surface area contributed by atoms with Crippen molar-refractivity contribution in [2.45, 2.75) is 62.8 Å². The number of nitrogens with two attached hydrogens (primary N) is 2. The van der Waals surface area contributed by atoms with E-state index in [2.05, 4.69) is 42.2 Å². The maximum absolute atomic E-state index is 16.0. The van der Waals surface area contributed by atoms with E-state index >= 15 is 4.39 Å². The van der Waals surface area contributed by atoms with Crippen molar-refractivity contribution in [3.63, 3.8) is 0 Å². The van der Waals surface area contributed by atoms with Gasteiger partial charge in [-0.1, -0.05) is 6.92 Å². The summed E-state index contributed by atoms with van der Waals surface area (Å²) in [7, 11) is -7.56. The van der Waals surface area contributed by atoms with Crippen molar-refractivity contribution in [3.8, 4) is 0 Å². The van der Waals surface area contributed by atoms with Gasteiger partial charge in [0.2, 0.25) is 5.95 Å². The molecular formula is C23H30FN10O10P2S+. The third-order valence-corrected chi connectivity index (χ3v) is 9.57. The van der Waals surface area contributed by atoms with E-state index in [0.717, 1.165) is 10.9 Å². The number of nitrogens with one attached hydrogen (secondary N) is 1. The molecule has 4 aromatic heterocycles. The van der Waals surface area contributed by atoms with Gasteiger partial charge in [-0.25, -0.2) is 28.9 Å². The number of imidazole rings is 2. The zero-order valence-electron chi connectivity index (χ0n) is 24.3. The molecule has 0 saturated carbocycles. The Hall–Kier alpha value is -3.17. The summed E-state index contributed by atoms with van der Waals surface area (Å²) >= 11 is 3.72. The number of ether oxygens (including phenoxy) is 2. The number of H-pyrrole nitrogens is 1. The van der Waals surface area contributed by atoms with Gasteiger partial charge in [0.1, 0.15) is 54.8 Å². The molecule has 20 nitrogen and oxygen atoms in total. The molecule has 6 rings (SSSR count). The molecule has 7 N–H and O–H groups in total. The number of anilines is 2. The van der Waals surface area contributed by atoms with E-state index in [4.69, 9.17) is 34.5 Å². The lowest BCUT2D eigenvalue weighted by Gasteiger charge is -2.34. The van der Waals surface area contributed by atoms with Gasteiger partial charge in [0.15, 0.2) is 28.9 Å². The SMILES string of the molecule is CC1C(O)C(COP(=O)(O)OC2C(F)CC(O[P+](=O)S)CCOC2n2cnc3c(=O)[nH]c(N)nc32)OC1n1cnc2c(N)ncnc21. The Morgan fingerprint density at radius 3 is 2.66 bits per heavy atom. The smallest absolute Gasteiger partial charge is 0.390 e. The summed E-state index contributed by atoms with van der Waals surface area (Å²) in [5, 5.41) is 10.9. The lowest BCUT2D eigenvalue weighted by molar-refractivity contribution is -0.127. The Morgan fingerprint density at radius 1 is 1.19 bits per heavy atom. The third kappa shape index (κ3) is 6.89. The molecule has 2 fully saturated rings. The van der Waals surface area contributed by atoms with Crippen molar-refractivity contribution in [3.05, 3.63) is 29.3 Å². The monoisotopic (exact) mass is 719 g/mol. The first-order valence-corrected chi connectivity index (χ1v) is 17.9. The molecule has 0 aromatic carbocycles. The largest absolute Gasteiger partial charge is 0.582 e. The highest BCUT2D eigenvalue weighted by molar-refractivity contribution is 8.39. The fraction of sp³-hybridized carbons (Fsp3) is 0.565. The highest BCUT2D eigenvalue weighted by atomic mass is 32.7. The van der Waals surface area contributed by atoms with Gasteiger partial charge in [-0.3, -0.25) is 28.0 Å². The fourth-order valence-corrected chi connectivity index (χ4v) is 7.35. The highest BCUT2D eigenvalue weighted by Crippen LogP contribution is 2.50. The minimum absolute atomic E-state index is 0.0718. The van der Waals surface area contributed by atoms with Crippen molar-refractivity contribution in [1.29, 1.82) is 0 Å². The van der Waals surface area contributed by atoms with Crippen LogP contribution in [-0.2, 0) is 32.2 Å². The van der Waals surface area contributed by atoms with Crippen LogP contribution in [0.4, 0.5) is 16.2 Å². The Morgan fingerprint density at radius 2 is 1.91 bits per heavy atom. The minimum Gasteiger partial charge on any atom is -0.390 e. The number of aromatic amines is 1. The number of aliphatic hydroxyl groups excluding tert-OH is 1. The number of phosphoric acid groups is 1. The summed E-state index contributed by atoms with van der Waals surface area (Å²) in [6.07, 6.45) is -6.16. The summed E-state index contributed by atoms with van der Waals surface area (Å²) in [4.78, 5) is 45.8. The predicted octanol–water partition coefficient (Wildman–Crippen LogP) is 1.14. The first kappa shape index (κ1) is 33.7. The normalized spacial score (nSPS) is 30.3. The van der Waals surface area contributed by atoms with Crippen molar-refractivity contribution in [1.82, 2.24) is 39.0 Å². The molecule has 2 saturated heterocycles. The van der Waals surface area contributed by atoms with Crippen LogP contribution in [0.25, 0.3) is 22.3 Å². The number of hydrogen-bond acceptors (Lipinski definition) is 16. The highest BCUT2D eigenvalue weighted by Gasteiger charge is 2.46. The van der Waals surface area contributed by atoms with Crippen molar-refractivity contribution < 1.29 is 46.6 Å². The van der Waals surface area contributed by atoms with Gasteiger partial charge in [0, 0.05) is 18.8 Å². The minimum atomic E-state index is -5.15. The number of phosphoric ester groups is 1. The zero-order valence-corrected chi connectivity index (χ0v) is 27.0. The molecule has 2 aliphatic rings. The Balaban J connectivity index is 1.23. The molecule has 47 heavy (non-hydrogen) atoms. The molecular weight excluding hydrogens is 689 g/mol. The molecule has 4 aromatic rings. The standard InChI is InChI=1S/C23H29FN10O10P2S/c1-9-15(35)12(42-21(9)33-7-29-13-17(25)27-6-28-18(13)33)5-41-46(38,39)44-16-11(24)4-10(43-45(37)47)2-3-40-22(16)34-8-30-14-19(34)31-23(26)32-20(14)36/h6-12,15-16,21-22,35H,2-5H2,1H3,(H6-,25,26,27,28,31,32,36,37,38,39,47)/p+1. The van der Waals surface area contributed by atoms with Gasteiger partial charge in [-0.05, 0) is 4.57 Å². The molecule has 254 valence electrons. The van der Waals surface area contributed by atoms with Crippen LogP contribution in [0.15, 0.2) is 23.8 Å². The van der Waals surface area contributed by atoms with E-state index in [-0.39, 0.29) is 36.0 Å². The van der Waals surface area contributed by atoms with E-state index in [1.807, 2.05) is 0 Å². The quantitative estimate of drug-likeness (QED) is 0.104. The third-order valence-electron chi connectivity index (χ3n) is 7.82. The van der Waals surface area contributed by atoms with Crippen LogP contribution in [0.1, 0.15) is 32.2 Å². The van der Waals surface area contributed by atoms with Crippen LogP contribution in [0, 0.1) is 5.92 Å². The molecule has 2 aliphatic heterocycles. The molecule has 0 radical (unpaired) electrons. The zero-order chi connectivity index (χ0) is 33.6. The summed E-state index contributed by atoms with van der Waals surface area (Å²) < 4.78 is 71.2. The topological polar surface area (TPSA) is 280 Å². The number of thiol groups is 1. The van der Waals surface area contributed by atoms with Crippen LogP contribution in [0.5, 0.6) is 0 Å². The van der Waals surface area contributed by atoms with Crippen molar-refractivity contribution >= 4 is 61.4 Å². The molecule has 24 heteroatoms. The molecule has 10 unspecified atom stereocenters. The van der Waals surface area contributed by atoms with Crippen molar-refractivity contribution in [2.24, 2.45) is 5.92 Å². The van der Waals surface area contributed by atoms with Crippen LogP contribution < -0.4 is 17.0 Å². The molecule has 0 aliphatic carbocycles. The van der Waals surface area contributed by atoms with Crippen molar-refractivity contribution in [2.75, 3.05) is 24.7 Å². The van der Waals surface area contributed by atoms with Gasteiger partial charge in [0.25, 0.3) is 5.56 Å². The van der Waals surface area contributed by atoms with E-state index in [9.17, 15) is 23.9 Å². The van der Waals surface area contributed by atoms with Gasteiger partial charge >= 0.3 is 15.1 Å². The number of hydrogen-bond donors (Lipinski definition) is 6. The first-order chi connectivity index (χ1) is 22.3. The van der Waals surface area contributed by atoms with E-state index in [0.29, 0.717) is 11.2 Å². The van der Waals surface area contributed by atoms with Crippen LogP contribution in [-0.4, -0.2) is 92.8 Å². The number of nitrogen functional groups attached to an aromatic ring is 2. The second-order valence-electron chi connectivity index (χ2n) is 10.9. The fourth-order valence-electron chi connectivity index (χ4n) is 5.56. The van der Waals surface area contributed by atoms with Gasteiger partial charge in [0.05, 0.1) is 32.0 Å². The molecule has 0 amide bonds. The Bertz CT molecular complexity index is 1900.